The summed E-state index contributed by atoms with van der Waals surface area (Å²) in [5, 5.41) is 0. The van der Waals surface area contributed by atoms with E-state index in [4.69, 9.17) is 4.74 Å². The first kappa shape index (κ1) is 8.02. The highest BCUT2D eigenvalue weighted by molar-refractivity contribution is 4.85. The third kappa shape index (κ3) is 1.96. The Morgan fingerprint density at radius 3 is 2.30 bits per heavy atom. The molecule has 0 radical (unpaired) electrons. The molecule has 0 aromatic rings. The smallest absolute Gasteiger partial charge is 0.0827 e. The zero-order valence-corrected chi connectivity index (χ0v) is 7.35. The first-order valence-corrected chi connectivity index (χ1v) is 3.81. The van der Waals surface area contributed by atoms with E-state index < -0.39 is 0 Å². The molecule has 1 fully saturated rings. The van der Waals surface area contributed by atoms with E-state index in [2.05, 4.69) is 32.8 Å². The first-order chi connectivity index (χ1) is 4.52. The summed E-state index contributed by atoms with van der Waals surface area (Å²) in [7, 11) is 4.23. The fourth-order valence-corrected chi connectivity index (χ4v) is 0.926. The van der Waals surface area contributed by atoms with E-state index in [9.17, 15) is 0 Å². The van der Waals surface area contributed by atoms with Crippen molar-refractivity contribution in [2.24, 2.45) is 0 Å². The number of ether oxygens (including phenoxy) is 1. The fraction of sp³-hybridized carbons (Fsp3) is 1.00. The van der Waals surface area contributed by atoms with Crippen LogP contribution in [-0.2, 0) is 4.74 Å². The zero-order valence-electron chi connectivity index (χ0n) is 7.35. The molecular formula is C8H17NO. The molecule has 0 saturated carbocycles. The lowest BCUT2D eigenvalue weighted by Gasteiger charge is -2.31. The number of nitrogens with zero attached hydrogens (tertiary/aromatic N) is 1. The molecule has 1 aliphatic rings. The molecule has 0 aliphatic carbocycles. The van der Waals surface area contributed by atoms with Crippen molar-refractivity contribution in [2.45, 2.75) is 31.9 Å². The Morgan fingerprint density at radius 2 is 2.00 bits per heavy atom. The third-order valence-electron chi connectivity index (χ3n) is 2.34. The van der Waals surface area contributed by atoms with Gasteiger partial charge in [0.15, 0.2) is 0 Å². The van der Waals surface area contributed by atoms with E-state index in [1.54, 1.807) is 0 Å². The predicted octanol–water partition coefficient (Wildman–Crippen LogP) is 1.12. The van der Waals surface area contributed by atoms with Gasteiger partial charge in [0, 0.05) is 5.54 Å². The highest BCUT2D eigenvalue weighted by atomic mass is 16.6. The van der Waals surface area contributed by atoms with Crippen LogP contribution in [-0.4, -0.2) is 37.2 Å². The number of rotatable bonds is 3. The molecular weight excluding hydrogens is 126 g/mol. The van der Waals surface area contributed by atoms with Crippen LogP contribution < -0.4 is 0 Å². The van der Waals surface area contributed by atoms with Crippen LogP contribution in [0.1, 0.15) is 20.3 Å². The number of epoxide rings is 1. The zero-order chi connectivity index (χ0) is 7.78. The lowest BCUT2D eigenvalue weighted by molar-refractivity contribution is 0.166. The predicted molar refractivity (Wildman–Crippen MR) is 42.1 cm³/mol. The topological polar surface area (TPSA) is 15.8 Å². The van der Waals surface area contributed by atoms with Crippen molar-refractivity contribution in [3.8, 4) is 0 Å². The molecule has 1 heterocycles. The van der Waals surface area contributed by atoms with Crippen molar-refractivity contribution < 1.29 is 4.74 Å². The van der Waals surface area contributed by atoms with Gasteiger partial charge in [-0.25, -0.2) is 0 Å². The second kappa shape index (κ2) is 2.51. The van der Waals surface area contributed by atoms with Gasteiger partial charge in [0.05, 0.1) is 12.7 Å². The summed E-state index contributed by atoms with van der Waals surface area (Å²) in [6.45, 7) is 5.46. The summed E-state index contributed by atoms with van der Waals surface area (Å²) in [6.07, 6.45) is 1.69. The van der Waals surface area contributed by atoms with Crippen LogP contribution in [0, 0.1) is 0 Å². The van der Waals surface area contributed by atoms with E-state index in [0.29, 0.717) is 11.6 Å². The Hall–Kier alpha value is -0.0800. The molecule has 0 N–H and O–H groups in total. The molecule has 0 amide bonds. The highest BCUT2D eigenvalue weighted by Crippen LogP contribution is 2.25. The van der Waals surface area contributed by atoms with Crippen LogP contribution in [0.5, 0.6) is 0 Å². The van der Waals surface area contributed by atoms with Crippen molar-refractivity contribution in [3.05, 3.63) is 0 Å². The van der Waals surface area contributed by atoms with Gasteiger partial charge in [-0.05, 0) is 34.4 Å². The van der Waals surface area contributed by atoms with Crippen molar-refractivity contribution in [3.63, 3.8) is 0 Å². The Labute approximate surface area is 63.2 Å². The molecule has 1 saturated heterocycles. The molecule has 1 atom stereocenters. The lowest BCUT2D eigenvalue weighted by atomic mass is 9.97. The molecule has 2 heteroatoms. The van der Waals surface area contributed by atoms with Crippen LogP contribution >= 0.6 is 0 Å². The minimum absolute atomic E-state index is 0.293. The van der Waals surface area contributed by atoms with Crippen LogP contribution in [0.4, 0.5) is 0 Å². The maximum absolute atomic E-state index is 5.17. The van der Waals surface area contributed by atoms with Crippen molar-refractivity contribution >= 4 is 0 Å². The van der Waals surface area contributed by atoms with E-state index in [1.165, 1.54) is 0 Å². The monoisotopic (exact) mass is 143 g/mol. The average Bonchev–Trinajstić information content (AvgIpc) is 2.48. The first-order valence-electron chi connectivity index (χ1n) is 3.81. The van der Waals surface area contributed by atoms with Crippen LogP contribution in [0.3, 0.4) is 0 Å². The molecule has 1 rings (SSSR count). The van der Waals surface area contributed by atoms with Gasteiger partial charge in [0.1, 0.15) is 0 Å². The summed E-state index contributed by atoms with van der Waals surface area (Å²) in [5.74, 6) is 0. The molecule has 1 aliphatic heterocycles. The largest absolute Gasteiger partial charge is 0.373 e. The van der Waals surface area contributed by atoms with E-state index >= 15 is 0 Å². The number of hydrogen-bond acceptors (Lipinski definition) is 2. The second-order valence-electron chi connectivity index (χ2n) is 3.87. The maximum Gasteiger partial charge on any atom is 0.0827 e. The molecule has 2 nitrogen and oxygen atoms in total. The Balaban J connectivity index is 2.33. The van der Waals surface area contributed by atoms with Crippen molar-refractivity contribution in [1.29, 1.82) is 0 Å². The molecule has 0 spiro atoms. The number of hydrogen-bond donors (Lipinski definition) is 0. The summed E-state index contributed by atoms with van der Waals surface area (Å²) in [6, 6.07) is 0. The average molecular weight is 143 g/mol. The Morgan fingerprint density at radius 1 is 1.50 bits per heavy atom. The van der Waals surface area contributed by atoms with Crippen LogP contribution in [0.15, 0.2) is 0 Å². The van der Waals surface area contributed by atoms with Gasteiger partial charge in [0.25, 0.3) is 0 Å². The van der Waals surface area contributed by atoms with Gasteiger partial charge in [-0.2, -0.15) is 0 Å². The molecule has 0 aromatic carbocycles. The molecule has 1 unspecified atom stereocenters. The second-order valence-corrected chi connectivity index (χ2v) is 3.87. The normalized spacial score (nSPS) is 25.5. The fourth-order valence-electron chi connectivity index (χ4n) is 0.926. The standard InChI is InChI=1S/C8H17NO/c1-8(2,9(3)4)5-7-6-10-7/h7H,5-6H2,1-4H3. The summed E-state index contributed by atoms with van der Waals surface area (Å²) in [4.78, 5) is 2.24. The summed E-state index contributed by atoms with van der Waals surface area (Å²) >= 11 is 0. The van der Waals surface area contributed by atoms with Gasteiger partial charge < -0.3 is 9.64 Å². The van der Waals surface area contributed by atoms with E-state index in [-0.39, 0.29) is 0 Å². The van der Waals surface area contributed by atoms with Gasteiger partial charge in [0.2, 0.25) is 0 Å². The van der Waals surface area contributed by atoms with Gasteiger partial charge in [-0.1, -0.05) is 0 Å². The molecule has 10 heavy (non-hydrogen) atoms. The minimum Gasteiger partial charge on any atom is -0.373 e. The van der Waals surface area contributed by atoms with E-state index in [1.807, 2.05) is 0 Å². The molecule has 60 valence electrons. The third-order valence-corrected chi connectivity index (χ3v) is 2.34. The van der Waals surface area contributed by atoms with Crippen molar-refractivity contribution in [2.75, 3.05) is 20.7 Å². The van der Waals surface area contributed by atoms with Crippen LogP contribution in [0.25, 0.3) is 0 Å². The SMILES string of the molecule is CN(C)C(C)(C)CC1CO1. The Bertz CT molecular complexity index is 116. The van der Waals surface area contributed by atoms with Gasteiger partial charge in [-0.3, -0.25) is 0 Å². The molecule has 0 bridgehead atoms. The highest BCUT2D eigenvalue weighted by Gasteiger charge is 2.32. The maximum atomic E-state index is 5.17. The van der Waals surface area contributed by atoms with Gasteiger partial charge in [-0.15, -0.1) is 0 Å². The minimum atomic E-state index is 0.293. The Kier molecular flexibility index (Phi) is 2.02. The summed E-state index contributed by atoms with van der Waals surface area (Å²) < 4.78 is 5.17. The lowest BCUT2D eigenvalue weighted by Crippen LogP contribution is -2.39. The van der Waals surface area contributed by atoms with E-state index in [0.717, 1.165) is 13.0 Å². The van der Waals surface area contributed by atoms with Gasteiger partial charge >= 0.3 is 0 Å². The van der Waals surface area contributed by atoms with Crippen molar-refractivity contribution in [1.82, 2.24) is 4.90 Å². The summed E-state index contributed by atoms with van der Waals surface area (Å²) in [5.41, 5.74) is 0.293. The molecule has 0 aromatic heterocycles. The quantitative estimate of drug-likeness (QED) is 0.550. The van der Waals surface area contributed by atoms with Crippen LogP contribution in [0.2, 0.25) is 0 Å².